The second-order valence-electron chi connectivity index (χ2n) is 18.1. The zero-order valence-electron chi connectivity index (χ0n) is 34.2. The Hall–Kier alpha value is -3.95. The zero-order chi connectivity index (χ0) is 38.0. The van der Waals surface area contributed by atoms with E-state index in [9.17, 15) is 0 Å². The van der Waals surface area contributed by atoms with E-state index in [-0.39, 0.29) is 31.9 Å². The quantitative estimate of drug-likeness (QED) is 0.118. The molecule has 7 rings (SSSR count). The number of rotatable bonds is 7. The van der Waals surface area contributed by atoms with Crippen molar-refractivity contribution in [1.82, 2.24) is 19.3 Å². The molecule has 3 atom stereocenters. The normalized spacial score (nSPS) is 17.9. The third kappa shape index (κ3) is 7.63. The van der Waals surface area contributed by atoms with E-state index in [2.05, 4.69) is 165 Å². The van der Waals surface area contributed by atoms with Crippen molar-refractivity contribution >= 4 is 21.8 Å². The fraction of sp³-hybridized carbons (Fsp3) is 0.417. The van der Waals surface area contributed by atoms with Gasteiger partial charge in [0.15, 0.2) is 0 Å². The van der Waals surface area contributed by atoms with Crippen LogP contribution in [0, 0.1) is 49.1 Å². The van der Waals surface area contributed by atoms with Gasteiger partial charge in [-0.3, -0.25) is 4.68 Å². The number of pyridine rings is 1. The monoisotopic (exact) mass is 899 g/mol. The molecular formula is C48H56N4OPt. The van der Waals surface area contributed by atoms with Crippen LogP contribution in [-0.2, 0) is 32.9 Å². The first-order valence-corrected chi connectivity index (χ1v) is 19.4. The molecule has 284 valence electrons. The van der Waals surface area contributed by atoms with E-state index in [4.69, 9.17) is 14.8 Å². The van der Waals surface area contributed by atoms with Crippen molar-refractivity contribution in [3.05, 3.63) is 119 Å². The number of para-hydroxylation sites is 1. The van der Waals surface area contributed by atoms with Crippen molar-refractivity contribution < 1.29 is 25.8 Å². The van der Waals surface area contributed by atoms with Gasteiger partial charge in [0.05, 0.1) is 5.69 Å². The molecule has 0 saturated heterocycles. The van der Waals surface area contributed by atoms with Gasteiger partial charge in [0.2, 0.25) is 0 Å². The number of nitrogens with zero attached hydrogens (tertiary/aromatic N) is 4. The molecule has 1 unspecified atom stereocenters. The third-order valence-electron chi connectivity index (χ3n) is 11.3. The van der Waals surface area contributed by atoms with E-state index >= 15 is 0 Å². The predicted molar refractivity (Wildman–Crippen MR) is 220 cm³/mol. The van der Waals surface area contributed by atoms with E-state index in [1.54, 1.807) is 0 Å². The summed E-state index contributed by atoms with van der Waals surface area (Å²) in [5.41, 5.74) is 10.5. The minimum Gasteiger partial charge on any atom is -0.509 e. The average Bonchev–Trinajstić information content (AvgIpc) is 3.56. The Labute approximate surface area is 337 Å². The number of hydrogen-bond acceptors (Lipinski definition) is 3. The molecule has 1 aliphatic rings. The average molecular weight is 900 g/mol. The van der Waals surface area contributed by atoms with E-state index < -0.39 is 0 Å². The van der Waals surface area contributed by atoms with E-state index in [0.29, 0.717) is 35.2 Å². The standard InChI is InChI=1S/C48H56N4O.Pt/c1-29(2)21-34-19-20-49-44(24-34)51-42-16-14-13-15-40(42)41-18-17-38(28-43(41)51)53-39-26-36(48(10,11)12)25-37(27-39)52-33(6)46(32(5)50-52)45-30(3)22-35(23-31(45)4)47(7,8)9;/h13-20,22,24-26,29,31,35,45H,21,23H2,1-12H3;/q-2;+2/t31-,35-,45?;/m0./s1. The molecule has 3 heterocycles. The number of aromatic nitrogens is 4. The number of fused-ring (bicyclic) bond motifs is 3. The third-order valence-corrected chi connectivity index (χ3v) is 11.3. The van der Waals surface area contributed by atoms with E-state index in [1.165, 1.54) is 28.8 Å². The Morgan fingerprint density at radius 2 is 1.63 bits per heavy atom. The van der Waals surface area contributed by atoms with E-state index in [1.807, 2.05) is 12.3 Å². The maximum Gasteiger partial charge on any atom is 2.00 e. The summed E-state index contributed by atoms with van der Waals surface area (Å²) < 4.78 is 11.0. The van der Waals surface area contributed by atoms with Crippen molar-refractivity contribution in [1.29, 1.82) is 0 Å². The van der Waals surface area contributed by atoms with Crippen molar-refractivity contribution in [2.45, 2.75) is 107 Å². The molecule has 6 heteroatoms. The van der Waals surface area contributed by atoms with Crippen LogP contribution in [0.3, 0.4) is 0 Å². The summed E-state index contributed by atoms with van der Waals surface area (Å²) >= 11 is 0. The van der Waals surface area contributed by atoms with Crippen molar-refractivity contribution in [3.63, 3.8) is 0 Å². The maximum absolute atomic E-state index is 6.72. The SMILES string of the molecule is CC1=C[C@H](C(C)(C)C)C[C@H](C)C1c1c(C)nn(-c2[c-]c(Oc3[c-]c4c(cc3)c3ccccc3n4-c3cc(CC(C)C)ccn3)cc(C(C)(C)C)c2)c1C.[Pt+2]. The number of allylic oxidation sites excluding steroid dienone is 2. The molecular weight excluding hydrogens is 844 g/mol. The number of ether oxygens (including phenoxy) is 1. The van der Waals surface area contributed by atoms with Crippen LogP contribution in [0.15, 0.2) is 78.5 Å². The molecule has 3 aromatic heterocycles. The Balaban J connectivity index is 0.00000497. The first-order valence-electron chi connectivity index (χ1n) is 19.4. The van der Waals surface area contributed by atoms with Gasteiger partial charge in [0.1, 0.15) is 5.82 Å². The van der Waals surface area contributed by atoms with Gasteiger partial charge >= 0.3 is 21.1 Å². The second-order valence-corrected chi connectivity index (χ2v) is 18.1. The Kier molecular flexibility index (Phi) is 11.0. The van der Waals surface area contributed by atoms with Gasteiger partial charge in [-0.1, -0.05) is 97.7 Å². The fourth-order valence-corrected chi connectivity index (χ4v) is 8.53. The molecule has 0 saturated carbocycles. The largest absolute Gasteiger partial charge is 2.00 e. The van der Waals surface area contributed by atoms with Crippen molar-refractivity contribution in [2.75, 3.05) is 0 Å². The molecule has 0 N–H and O–H groups in total. The summed E-state index contributed by atoms with van der Waals surface area (Å²) in [6.45, 7) is 27.4. The van der Waals surface area contributed by atoms with Crippen molar-refractivity contribution in [3.8, 4) is 23.0 Å². The zero-order valence-corrected chi connectivity index (χ0v) is 36.4. The minimum absolute atomic E-state index is 0. The number of benzene rings is 3. The van der Waals surface area contributed by atoms with Crippen LogP contribution < -0.4 is 4.74 Å². The summed E-state index contributed by atoms with van der Waals surface area (Å²) in [5, 5.41) is 7.46. The molecule has 1 aliphatic carbocycles. The van der Waals surface area contributed by atoms with Gasteiger partial charge in [-0.25, -0.2) is 4.98 Å². The summed E-state index contributed by atoms with van der Waals surface area (Å²) in [6.07, 6.45) is 6.63. The molecule has 54 heavy (non-hydrogen) atoms. The Morgan fingerprint density at radius 1 is 0.889 bits per heavy atom. The summed E-state index contributed by atoms with van der Waals surface area (Å²) in [5.74, 6) is 4.16. The van der Waals surface area contributed by atoms with Gasteiger partial charge in [0, 0.05) is 40.4 Å². The summed E-state index contributed by atoms with van der Waals surface area (Å²) in [7, 11) is 0. The van der Waals surface area contributed by atoms with Gasteiger partial charge < -0.3 is 9.30 Å². The Morgan fingerprint density at radius 3 is 2.31 bits per heavy atom. The maximum atomic E-state index is 6.72. The van der Waals surface area contributed by atoms with Gasteiger partial charge in [0.25, 0.3) is 0 Å². The first-order chi connectivity index (χ1) is 25.0. The van der Waals surface area contributed by atoms with Crippen LogP contribution in [0.4, 0.5) is 0 Å². The van der Waals surface area contributed by atoms with E-state index in [0.717, 1.165) is 51.0 Å². The number of hydrogen-bond donors (Lipinski definition) is 0. The van der Waals surface area contributed by atoms with Crippen LogP contribution in [-0.4, -0.2) is 19.3 Å². The first kappa shape index (κ1) is 39.7. The molecule has 3 aromatic carbocycles. The molecule has 5 nitrogen and oxygen atoms in total. The fourth-order valence-electron chi connectivity index (χ4n) is 8.53. The van der Waals surface area contributed by atoms with Crippen LogP contribution in [0.1, 0.15) is 110 Å². The smallest absolute Gasteiger partial charge is 0.509 e. The van der Waals surface area contributed by atoms with Crippen LogP contribution in [0.2, 0.25) is 0 Å². The van der Waals surface area contributed by atoms with Gasteiger partial charge in [-0.2, -0.15) is 11.2 Å². The van der Waals surface area contributed by atoms with Gasteiger partial charge in [-0.15, -0.1) is 41.3 Å². The van der Waals surface area contributed by atoms with Crippen LogP contribution in [0.5, 0.6) is 11.5 Å². The van der Waals surface area contributed by atoms with Crippen LogP contribution >= 0.6 is 0 Å². The molecule has 0 radical (unpaired) electrons. The topological polar surface area (TPSA) is 44.9 Å². The molecule has 6 aromatic rings. The minimum atomic E-state index is -0.118. The molecule has 0 amide bonds. The number of aryl methyl sites for hydroxylation is 1. The van der Waals surface area contributed by atoms with Crippen LogP contribution in [0.25, 0.3) is 33.3 Å². The Bertz CT molecular complexity index is 2350. The predicted octanol–water partition coefficient (Wildman–Crippen LogP) is 12.6. The van der Waals surface area contributed by atoms with Crippen molar-refractivity contribution in [2.24, 2.45) is 23.2 Å². The summed E-state index contributed by atoms with van der Waals surface area (Å²) in [6, 6.07) is 28.6. The molecule has 0 bridgehead atoms. The molecule has 0 aliphatic heterocycles. The summed E-state index contributed by atoms with van der Waals surface area (Å²) in [4.78, 5) is 4.84. The second kappa shape index (κ2) is 14.9. The molecule has 0 fully saturated rings. The molecule has 0 spiro atoms. The van der Waals surface area contributed by atoms with Gasteiger partial charge in [-0.05, 0) is 97.0 Å².